The molecule has 0 saturated heterocycles. The van der Waals surface area contributed by atoms with Gasteiger partial charge in [-0.1, -0.05) is 39.5 Å². The Morgan fingerprint density at radius 3 is 2.47 bits per heavy atom. The van der Waals surface area contributed by atoms with E-state index >= 15 is 0 Å². The number of hydrogen-bond acceptors (Lipinski definition) is 1. The number of rotatable bonds is 9. The molecule has 0 bridgehead atoms. The molecule has 0 rings (SSSR count). The Labute approximate surface area is 96.0 Å². The van der Waals surface area contributed by atoms with Crippen LogP contribution in [0.25, 0.3) is 0 Å². The summed E-state index contributed by atoms with van der Waals surface area (Å²) in [5, 5.41) is 3.55. The van der Waals surface area contributed by atoms with Crippen molar-refractivity contribution < 1.29 is 0 Å². The summed E-state index contributed by atoms with van der Waals surface area (Å²) in [6, 6.07) is 0.688. The molecule has 0 spiro atoms. The zero-order valence-corrected chi connectivity index (χ0v) is 10.7. The monoisotopic (exact) mass is 209 g/mol. The van der Waals surface area contributed by atoms with Crippen molar-refractivity contribution in [2.75, 3.05) is 6.54 Å². The van der Waals surface area contributed by atoms with Crippen molar-refractivity contribution >= 4 is 0 Å². The van der Waals surface area contributed by atoms with E-state index in [1.807, 2.05) is 6.92 Å². The first-order chi connectivity index (χ1) is 7.35. The lowest BCUT2D eigenvalue weighted by Crippen LogP contribution is -2.28. The van der Waals surface area contributed by atoms with Crippen molar-refractivity contribution in [3.63, 3.8) is 0 Å². The van der Waals surface area contributed by atoms with E-state index in [-0.39, 0.29) is 0 Å². The van der Waals surface area contributed by atoms with E-state index in [0.717, 1.165) is 13.0 Å². The highest BCUT2D eigenvalue weighted by Crippen LogP contribution is 2.09. The minimum atomic E-state index is 0.688. The van der Waals surface area contributed by atoms with Gasteiger partial charge in [0.1, 0.15) is 0 Å². The van der Waals surface area contributed by atoms with Gasteiger partial charge < -0.3 is 5.32 Å². The van der Waals surface area contributed by atoms with E-state index in [1.54, 1.807) is 0 Å². The number of hydrogen-bond donors (Lipinski definition) is 1. The second-order valence-corrected chi connectivity index (χ2v) is 4.07. The standard InChI is InChI=1S/C14H27N/c1-4-7-9-11-13-14(15-6-3)12-10-8-5-2/h14-15H,4,6-7,9-13H2,1-3H3. The fraction of sp³-hybridized carbons (Fsp3) is 0.857. The lowest BCUT2D eigenvalue weighted by atomic mass is 10.0. The van der Waals surface area contributed by atoms with Crippen LogP contribution in [0.3, 0.4) is 0 Å². The molecule has 0 aromatic heterocycles. The van der Waals surface area contributed by atoms with Crippen LogP contribution in [0.2, 0.25) is 0 Å². The molecular weight excluding hydrogens is 182 g/mol. The number of nitrogens with one attached hydrogen (secondary N) is 1. The van der Waals surface area contributed by atoms with Crippen molar-refractivity contribution in [3.05, 3.63) is 0 Å². The van der Waals surface area contributed by atoms with Crippen LogP contribution in [0.4, 0.5) is 0 Å². The molecule has 0 aliphatic rings. The summed E-state index contributed by atoms with van der Waals surface area (Å²) in [6.45, 7) is 7.45. The molecule has 0 aromatic carbocycles. The lowest BCUT2D eigenvalue weighted by Gasteiger charge is -2.16. The summed E-state index contributed by atoms with van der Waals surface area (Å²) in [4.78, 5) is 0. The molecule has 88 valence electrons. The van der Waals surface area contributed by atoms with Crippen molar-refractivity contribution in [1.29, 1.82) is 0 Å². The topological polar surface area (TPSA) is 12.0 Å². The summed E-state index contributed by atoms with van der Waals surface area (Å²) >= 11 is 0. The lowest BCUT2D eigenvalue weighted by molar-refractivity contribution is 0.445. The summed E-state index contributed by atoms with van der Waals surface area (Å²) in [7, 11) is 0. The van der Waals surface area contributed by atoms with Crippen LogP contribution in [0.1, 0.15) is 65.7 Å². The van der Waals surface area contributed by atoms with Crippen LogP contribution >= 0.6 is 0 Å². The van der Waals surface area contributed by atoms with E-state index < -0.39 is 0 Å². The predicted molar refractivity (Wildman–Crippen MR) is 68.9 cm³/mol. The van der Waals surface area contributed by atoms with Crippen molar-refractivity contribution in [3.8, 4) is 11.8 Å². The maximum atomic E-state index is 3.55. The molecule has 0 amide bonds. The van der Waals surface area contributed by atoms with Gasteiger partial charge in [0.25, 0.3) is 0 Å². The maximum absolute atomic E-state index is 3.55. The Morgan fingerprint density at radius 1 is 1.07 bits per heavy atom. The third-order valence-corrected chi connectivity index (χ3v) is 2.69. The molecule has 15 heavy (non-hydrogen) atoms. The van der Waals surface area contributed by atoms with E-state index in [9.17, 15) is 0 Å². The van der Waals surface area contributed by atoms with E-state index in [1.165, 1.54) is 38.5 Å². The molecule has 0 aliphatic carbocycles. The normalized spacial score (nSPS) is 11.9. The smallest absolute Gasteiger partial charge is 0.0103 e. The van der Waals surface area contributed by atoms with E-state index in [2.05, 4.69) is 31.0 Å². The van der Waals surface area contributed by atoms with Gasteiger partial charge in [-0.3, -0.25) is 0 Å². The molecule has 0 aromatic rings. The average Bonchev–Trinajstić information content (AvgIpc) is 2.24. The van der Waals surface area contributed by atoms with Gasteiger partial charge in [-0.25, -0.2) is 0 Å². The predicted octanol–water partition coefficient (Wildman–Crippen LogP) is 3.74. The van der Waals surface area contributed by atoms with Crippen LogP contribution in [-0.4, -0.2) is 12.6 Å². The fourth-order valence-electron chi connectivity index (χ4n) is 1.83. The highest BCUT2D eigenvalue weighted by Gasteiger charge is 2.05. The largest absolute Gasteiger partial charge is 0.314 e. The van der Waals surface area contributed by atoms with Gasteiger partial charge in [-0.05, 0) is 26.3 Å². The van der Waals surface area contributed by atoms with Gasteiger partial charge in [0.15, 0.2) is 0 Å². The average molecular weight is 209 g/mol. The van der Waals surface area contributed by atoms with Crippen molar-refractivity contribution in [2.24, 2.45) is 0 Å². The molecule has 1 N–H and O–H groups in total. The Bertz CT molecular complexity index is 176. The molecule has 1 heteroatoms. The molecule has 1 nitrogen and oxygen atoms in total. The van der Waals surface area contributed by atoms with E-state index in [4.69, 9.17) is 0 Å². The molecule has 0 aliphatic heterocycles. The highest BCUT2D eigenvalue weighted by atomic mass is 14.9. The van der Waals surface area contributed by atoms with Crippen LogP contribution in [0.15, 0.2) is 0 Å². The zero-order chi connectivity index (χ0) is 11.4. The van der Waals surface area contributed by atoms with Crippen LogP contribution in [-0.2, 0) is 0 Å². The molecule has 1 unspecified atom stereocenters. The second kappa shape index (κ2) is 11.6. The Balaban J connectivity index is 3.56. The molecular formula is C14H27N. The van der Waals surface area contributed by atoms with Crippen LogP contribution in [0.5, 0.6) is 0 Å². The van der Waals surface area contributed by atoms with Gasteiger partial charge in [-0.2, -0.15) is 0 Å². The van der Waals surface area contributed by atoms with Gasteiger partial charge >= 0.3 is 0 Å². The maximum Gasteiger partial charge on any atom is 0.0103 e. The van der Waals surface area contributed by atoms with E-state index in [0.29, 0.717) is 6.04 Å². The third-order valence-electron chi connectivity index (χ3n) is 2.69. The van der Waals surface area contributed by atoms with Crippen LogP contribution < -0.4 is 5.32 Å². The molecule has 0 saturated carbocycles. The molecule has 0 heterocycles. The van der Waals surface area contributed by atoms with Gasteiger partial charge in [-0.15, -0.1) is 11.8 Å². The van der Waals surface area contributed by atoms with Crippen molar-refractivity contribution in [2.45, 2.75) is 71.8 Å². The fourth-order valence-corrected chi connectivity index (χ4v) is 1.83. The second-order valence-electron chi connectivity index (χ2n) is 4.07. The molecule has 0 fully saturated rings. The molecule has 1 atom stereocenters. The van der Waals surface area contributed by atoms with Crippen LogP contribution in [0, 0.1) is 11.8 Å². The Morgan fingerprint density at radius 2 is 1.87 bits per heavy atom. The van der Waals surface area contributed by atoms with Gasteiger partial charge in [0, 0.05) is 12.5 Å². The Kier molecular flexibility index (Phi) is 11.2. The van der Waals surface area contributed by atoms with Gasteiger partial charge in [0.2, 0.25) is 0 Å². The first-order valence-corrected chi connectivity index (χ1v) is 6.48. The Hall–Kier alpha value is -0.480. The zero-order valence-electron chi connectivity index (χ0n) is 10.7. The summed E-state index contributed by atoms with van der Waals surface area (Å²) in [6.07, 6.45) is 9.03. The SMILES string of the molecule is CC#CCCC(CCCCCC)NCC. The summed E-state index contributed by atoms with van der Waals surface area (Å²) in [5.74, 6) is 6.11. The quantitative estimate of drug-likeness (QED) is 0.450. The molecule has 0 radical (unpaired) electrons. The summed E-state index contributed by atoms with van der Waals surface area (Å²) < 4.78 is 0. The summed E-state index contributed by atoms with van der Waals surface area (Å²) in [5.41, 5.74) is 0. The van der Waals surface area contributed by atoms with Gasteiger partial charge in [0.05, 0.1) is 0 Å². The van der Waals surface area contributed by atoms with Crippen molar-refractivity contribution in [1.82, 2.24) is 5.32 Å². The third kappa shape index (κ3) is 9.82. The first kappa shape index (κ1) is 14.5. The minimum Gasteiger partial charge on any atom is -0.314 e. The number of unbranched alkanes of at least 4 members (excludes halogenated alkanes) is 3. The minimum absolute atomic E-state index is 0.688. The highest BCUT2D eigenvalue weighted by molar-refractivity contribution is 4.95. The first-order valence-electron chi connectivity index (χ1n) is 6.48.